The van der Waals surface area contributed by atoms with Gasteiger partial charge in [0.05, 0.1) is 6.08 Å². The van der Waals surface area contributed by atoms with Crippen LogP contribution >= 0.6 is 11.3 Å². The van der Waals surface area contributed by atoms with E-state index in [1.807, 2.05) is 17.5 Å². The molecular weight excluding hydrogens is 221 g/mol. The van der Waals surface area contributed by atoms with Crippen molar-refractivity contribution in [2.45, 2.75) is 6.18 Å². The molecule has 0 fully saturated rings. The van der Waals surface area contributed by atoms with Crippen LogP contribution in [0.15, 0.2) is 41.3 Å². The lowest BCUT2D eigenvalue weighted by atomic mass is 10.1. The van der Waals surface area contributed by atoms with E-state index in [1.54, 1.807) is 0 Å². The van der Waals surface area contributed by atoms with Crippen molar-refractivity contribution in [1.29, 1.82) is 0 Å². The second-order valence-corrected chi connectivity index (χ2v) is 3.91. The highest BCUT2D eigenvalue weighted by atomic mass is 32.1. The minimum absolute atomic E-state index is 0.664. The van der Waals surface area contributed by atoms with Crippen LogP contribution in [0.2, 0.25) is 0 Å². The quantitative estimate of drug-likeness (QED) is 0.636. The van der Waals surface area contributed by atoms with E-state index in [9.17, 15) is 13.2 Å². The molecule has 1 heterocycles. The van der Waals surface area contributed by atoms with Crippen molar-refractivity contribution in [3.8, 4) is 0 Å². The lowest BCUT2D eigenvalue weighted by Gasteiger charge is -2.03. The monoisotopic (exact) mass is 227 g/mol. The van der Waals surface area contributed by atoms with Crippen LogP contribution in [0.3, 0.4) is 0 Å². The van der Waals surface area contributed by atoms with E-state index in [4.69, 9.17) is 0 Å². The lowest BCUT2D eigenvalue weighted by molar-refractivity contribution is -0.0882. The Kier molecular flexibility index (Phi) is 2.47. The van der Waals surface area contributed by atoms with Crippen LogP contribution in [0.5, 0.6) is 0 Å². The molecule has 1 aromatic heterocycles. The molecule has 76 valence electrons. The number of allylic oxidation sites excluding steroid dienone is 6. The van der Waals surface area contributed by atoms with Crippen molar-refractivity contribution in [1.82, 2.24) is 0 Å². The van der Waals surface area contributed by atoms with Gasteiger partial charge in [-0.2, -0.15) is 13.2 Å². The maximum atomic E-state index is 12.2. The van der Waals surface area contributed by atoms with Gasteiger partial charge in [-0.1, -0.05) is 11.3 Å². The Bertz CT molecular complexity index is 433. The van der Waals surface area contributed by atoms with Crippen LogP contribution in [-0.2, 0) is 0 Å². The Labute approximate surface area is 89.0 Å². The molecule has 0 aromatic carbocycles. The van der Waals surface area contributed by atoms with Crippen LogP contribution in [-0.4, -0.2) is 6.18 Å². The van der Waals surface area contributed by atoms with Crippen molar-refractivity contribution in [2.24, 2.45) is 0 Å². The van der Waals surface area contributed by atoms with Gasteiger partial charge in [-0.15, -0.1) is 0 Å². The third-order valence-corrected chi connectivity index (χ3v) is 2.83. The van der Waals surface area contributed by atoms with Crippen molar-refractivity contribution in [3.63, 3.8) is 0 Å². The summed E-state index contributed by atoms with van der Waals surface area (Å²) in [6.45, 7) is 0. The van der Waals surface area contributed by atoms with Gasteiger partial charge in [-0.05, 0) is 6.07 Å². The summed E-state index contributed by atoms with van der Waals surface area (Å²) >= 11 is 1.48. The number of hydrogen-bond donors (Lipinski definition) is 0. The van der Waals surface area contributed by atoms with Gasteiger partial charge in [-0.3, -0.25) is 0 Å². The average Bonchev–Trinajstić information content (AvgIpc) is 2.69. The minimum Gasteiger partial charge on any atom is -0.157 e. The summed E-state index contributed by atoms with van der Waals surface area (Å²) in [7, 11) is 0. The topological polar surface area (TPSA) is 0 Å². The van der Waals surface area contributed by atoms with Crippen LogP contribution in [0.4, 0.5) is 13.2 Å². The molecule has 0 unspecified atom stereocenters. The summed E-state index contributed by atoms with van der Waals surface area (Å²) in [5.41, 5.74) is 0.0285. The van der Waals surface area contributed by atoms with Gasteiger partial charge >= 0.3 is 6.18 Å². The molecule has 0 nitrogen and oxygen atoms in total. The summed E-state index contributed by atoms with van der Waals surface area (Å²) in [5, 5.41) is 1.88. The van der Waals surface area contributed by atoms with Crippen LogP contribution in [0.1, 0.15) is 4.88 Å². The first-order valence-electron chi connectivity index (χ1n) is 4.20. The van der Waals surface area contributed by atoms with Crippen molar-refractivity contribution >= 4 is 16.9 Å². The predicted molar refractivity (Wildman–Crippen MR) is 54.2 cm³/mol. The van der Waals surface area contributed by atoms with E-state index >= 15 is 0 Å². The summed E-state index contributed by atoms with van der Waals surface area (Å²) < 4.78 is 36.7. The molecule has 0 N–H and O–H groups in total. The third kappa shape index (κ3) is 2.17. The van der Waals surface area contributed by atoms with E-state index in [1.165, 1.54) is 17.4 Å². The van der Waals surface area contributed by atoms with Crippen molar-refractivity contribution < 1.29 is 13.2 Å². The van der Waals surface area contributed by atoms with Crippen LogP contribution in [0, 0.1) is 6.08 Å². The summed E-state index contributed by atoms with van der Waals surface area (Å²) in [5.74, 6) is 0. The van der Waals surface area contributed by atoms with Gasteiger partial charge in [0.15, 0.2) is 5.57 Å². The molecule has 2 rings (SSSR count). The summed E-state index contributed by atoms with van der Waals surface area (Å²) in [4.78, 5) is 0.920. The molecule has 1 aliphatic carbocycles. The first-order valence-corrected chi connectivity index (χ1v) is 5.08. The molecule has 0 atom stereocenters. The van der Waals surface area contributed by atoms with Crippen LogP contribution < -0.4 is 0 Å². The Morgan fingerprint density at radius 3 is 2.47 bits per heavy atom. The zero-order valence-electron chi connectivity index (χ0n) is 7.51. The molecule has 0 spiro atoms. The molecule has 0 radical (unpaired) electrons. The number of alkyl halides is 3. The Balaban J connectivity index is 2.28. The molecule has 0 saturated carbocycles. The van der Waals surface area contributed by atoms with Gasteiger partial charge in [-0.25, -0.2) is 0 Å². The average molecular weight is 227 g/mol. The molecule has 1 aromatic rings. The highest BCUT2D eigenvalue weighted by Crippen LogP contribution is 2.31. The molecule has 0 amide bonds. The number of halogens is 3. The summed E-state index contributed by atoms with van der Waals surface area (Å²) in [6, 6.07) is 3.70. The van der Waals surface area contributed by atoms with E-state index in [-0.39, 0.29) is 0 Å². The fourth-order valence-corrected chi connectivity index (χ4v) is 1.90. The molecule has 15 heavy (non-hydrogen) atoms. The summed E-state index contributed by atoms with van der Waals surface area (Å²) in [6.07, 6.45) is 1.84. The number of rotatable bonds is 1. The second kappa shape index (κ2) is 3.65. The van der Waals surface area contributed by atoms with E-state index in [0.717, 1.165) is 17.0 Å². The minimum atomic E-state index is -4.29. The van der Waals surface area contributed by atoms with E-state index in [2.05, 4.69) is 6.08 Å². The maximum Gasteiger partial charge on any atom is 0.454 e. The van der Waals surface area contributed by atoms with Gasteiger partial charge in [0.25, 0.3) is 0 Å². The zero-order valence-corrected chi connectivity index (χ0v) is 8.32. The highest BCUT2D eigenvalue weighted by Gasteiger charge is 2.37. The first-order chi connectivity index (χ1) is 7.07. The third-order valence-electron chi connectivity index (χ3n) is 1.93. The fourth-order valence-electron chi connectivity index (χ4n) is 1.19. The van der Waals surface area contributed by atoms with Crippen molar-refractivity contribution in [3.05, 3.63) is 52.3 Å². The molecule has 0 saturated heterocycles. The fraction of sp³-hybridized carbons (Fsp3) is 0.0909. The predicted octanol–water partition coefficient (Wildman–Crippen LogP) is 3.99. The molecular formula is C11H6F3S+. The number of hydrogen-bond acceptors (Lipinski definition) is 1. The smallest absolute Gasteiger partial charge is 0.157 e. The SMILES string of the molecule is FC(F)(F)C1=C[C+]=C(c2cccs2)C=C1. The van der Waals surface area contributed by atoms with Crippen molar-refractivity contribution in [2.75, 3.05) is 0 Å². The normalized spacial score (nSPS) is 15.7. The van der Waals surface area contributed by atoms with Crippen LogP contribution in [0.25, 0.3) is 5.57 Å². The Morgan fingerprint density at radius 2 is 2.00 bits per heavy atom. The van der Waals surface area contributed by atoms with Gasteiger partial charge < -0.3 is 0 Å². The molecule has 0 aliphatic heterocycles. The Hall–Kier alpha value is -1.38. The zero-order chi connectivity index (χ0) is 10.9. The van der Waals surface area contributed by atoms with Gasteiger partial charge in [0.1, 0.15) is 10.5 Å². The van der Waals surface area contributed by atoms with Gasteiger partial charge in [0.2, 0.25) is 0 Å². The molecule has 4 heteroatoms. The molecule has 0 bridgehead atoms. The molecule has 1 aliphatic rings. The maximum absolute atomic E-state index is 12.2. The van der Waals surface area contributed by atoms with E-state index < -0.39 is 11.7 Å². The lowest BCUT2D eigenvalue weighted by Crippen LogP contribution is -2.10. The first kappa shape index (κ1) is 10.1. The van der Waals surface area contributed by atoms with Gasteiger partial charge in [0, 0.05) is 29.7 Å². The number of thiophene rings is 1. The largest absolute Gasteiger partial charge is 0.454 e. The standard InChI is InChI=1S/C11H6F3S/c12-11(13,14)9-5-3-8(4-6-9)10-2-1-7-15-10/h1-3,5-7H/q+1. The van der Waals surface area contributed by atoms with E-state index in [0.29, 0.717) is 5.57 Å². The highest BCUT2D eigenvalue weighted by molar-refractivity contribution is 7.11. The Morgan fingerprint density at radius 1 is 1.20 bits per heavy atom. The second-order valence-electron chi connectivity index (χ2n) is 2.97.